The second-order valence-corrected chi connectivity index (χ2v) is 7.85. The maximum absolute atomic E-state index is 14.7. The highest BCUT2D eigenvalue weighted by molar-refractivity contribution is 5.98. The van der Waals surface area contributed by atoms with Gasteiger partial charge in [0.2, 0.25) is 5.88 Å². The number of ether oxygens (including phenoxy) is 1. The number of nitrogens with zero attached hydrogens (tertiary/aromatic N) is 5. The first-order valence-corrected chi connectivity index (χ1v) is 9.97. The molecule has 2 unspecified atom stereocenters. The molecule has 11 heteroatoms. The zero-order valence-corrected chi connectivity index (χ0v) is 16.5. The summed E-state index contributed by atoms with van der Waals surface area (Å²) in [6.45, 7) is 0.449. The Bertz CT molecular complexity index is 1130. The fourth-order valence-corrected chi connectivity index (χ4v) is 4.47. The van der Waals surface area contributed by atoms with Crippen LogP contribution in [0.3, 0.4) is 0 Å². The number of hydrogen-bond acceptors (Lipinski definition) is 5. The first-order chi connectivity index (χ1) is 15.3. The molecule has 2 aliphatic rings. The SMILES string of the molecule is O=C(c1c(F)cccc1-n1nccn1)N1C[C@H]2CC(Oc3ccc(C(F)(F)F)cn3)C1C2. The molecule has 1 saturated heterocycles. The minimum atomic E-state index is -4.48. The topological polar surface area (TPSA) is 73.1 Å². The molecule has 1 aliphatic carbocycles. The first kappa shape index (κ1) is 20.4. The van der Waals surface area contributed by atoms with Gasteiger partial charge in [-0.1, -0.05) is 6.07 Å². The third-order valence-corrected chi connectivity index (χ3v) is 5.86. The number of alkyl halides is 3. The van der Waals surface area contributed by atoms with Gasteiger partial charge >= 0.3 is 6.18 Å². The molecule has 1 aliphatic heterocycles. The standard InChI is InChI=1S/C21H17F4N5O2/c22-14-2-1-3-15(30-27-6-7-28-30)19(14)20(31)29-11-12-8-16(29)17(9-12)32-18-5-4-13(10-26-18)21(23,24)25/h1-7,10,12,16-17H,8-9,11H2/t12-,16?,17?/m1/s1. The van der Waals surface area contributed by atoms with E-state index in [1.165, 1.54) is 35.4 Å². The molecule has 3 aromatic rings. The Kier molecular flexibility index (Phi) is 4.83. The number of rotatable bonds is 4. The number of benzene rings is 1. The highest BCUT2D eigenvalue weighted by atomic mass is 19.4. The Morgan fingerprint density at radius 3 is 2.53 bits per heavy atom. The van der Waals surface area contributed by atoms with Crippen molar-refractivity contribution in [3.05, 3.63) is 65.9 Å². The molecule has 32 heavy (non-hydrogen) atoms. The highest BCUT2D eigenvalue weighted by Gasteiger charge is 2.49. The number of piperidine rings is 1. The van der Waals surface area contributed by atoms with E-state index < -0.39 is 29.6 Å². The molecule has 7 nitrogen and oxygen atoms in total. The lowest BCUT2D eigenvalue weighted by molar-refractivity contribution is -0.137. The molecule has 1 amide bonds. The zero-order chi connectivity index (χ0) is 22.5. The summed E-state index contributed by atoms with van der Waals surface area (Å²) in [7, 11) is 0. The third-order valence-electron chi connectivity index (χ3n) is 5.86. The summed E-state index contributed by atoms with van der Waals surface area (Å²) in [4.78, 5) is 19.9. The summed E-state index contributed by atoms with van der Waals surface area (Å²) >= 11 is 0. The van der Waals surface area contributed by atoms with E-state index in [4.69, 9.17) is 4.74 Å². The van der Waals surface area contributed by atoms with Gasteiger partial charge in [0.25, 0.3) is 5.91 Å². The zero-order valence-electron chi connectivity index (χ0n) is 16.5. The number of amides is 1. The van der Waals surface area contributed by atoms with Gasteiger partial charge in [-0.15, -0.1) is 0 Å². The maximum Gasteiger partial charge on any atom is 0.417 e. The predicted octanol–water partition coefficient (Wildman–Crippen LogP) is 3.50. The van der Waals surface area contributed by atoms with Crippen LogP contribution in [0.4, 0.5) is 17.6 Å². The average molecular weight is 447 g/mol. The van der Waals surface area contributed by atoms with Gasteiger partial charge in [0.05, 0.1) is 24.0 Å². The lowest BCUT2D eigenvalue weighted by Gasteiger charge is -2.33. The number of likely N-dealkylation sites (tertiary alicyclic amines) is 1. The smallest absolute Gasteiger partial charge is 0.417 e. The molecule has 3 heterocycles. The predicted molar refractivity (Wildman–Crippen MR) is 103 cm³/mol. The molecule has 2 bridgehead atoms. The van der Waals surface area contributed by atoms with Crippen LogP contribution in [0.5, 0.6) is 5.88 Å². The van der Waals surface area contributed by atoms with E-state index in [2.05, 4.69) is 15.2 Å². The van der Waals surface area contributed by atoms with Gasteiger partial charge in [-0.2, -0.15) is 28.2 Å². The summed E-state index contributed by atoms with van der Waals surface area (Å²) in [5, 5.41) is 7.99. The number of fused-ring (bicyclic) bond motifs is 2. The summed E-state index contributed by atoms with van der Waals surface area (Å²) in [5.74, 6) is -0.984. The molecule has 1 saturated carbocycles. The molecule has 0 radical (unpaired) electrons. The molecular weight excluding hydrogens is 430 g/mol. The Hall–Kier alpha value is -3.50. The van der Waals surface area contributed by atoms with Crippen LogP contribution in [0.2, 0.25) is 0 Å². The molecule has 166 valence electrons. The summed E-state index contributed by atoms with van der Waals surface area (Å²) < 4.78 is 58.8. The van der Waals surface area contributed by atoms with E-state index in [-0.39, 0.29) is 29.1 Å². The van der Waals surface area contributed by atoms with Crippen molar-refractivity contribution in [1.29, 1.82) is 0 Å². The van der Waals surface area contributed by atoms with Gasteiger partial charge in [0.1, 0.15) is 23.2 Å². The van der Waals surface area contributed by atoms with Crippen LogP contribution in [-0.2, 0) is 6.18 Å². The van der Waals surface area contributed by atoms with E-state index in [1.807, 2.05) is 0 Å². The minimum absolute atomic E-state index is 0.0512. The Labute approximate surface area is 179 Å². The van der Waals surface area contributed by atoms with Crippen LogP contribution in [0.15, 0.2) is 48.9 Å². The largest absolute Gasteiger partial charge is 0.472 e. The minimum Gasteiger partial charge on any atom is -0.472 e. The van der Waals surface area contributed by atoms with Crippen molar-refractivity contribution < 1.29 is 27.1 Å². The van der Waals surface area contributed by atoms with E-state index in [0.717, 1.165) is 6.07 Å². The van der Waals surface area contributed by atoms with Crippen LogP contribution in [0, 0.1) is 11.7 Å². The van der Waals surface area contributed by atoms with Crippen molar-refractivity contribution in [3.8, 4) is 11.6 Å². The first-order valence-electron chi connectivity index (χ1n) is 9.97. The molecule has 1 aromatic carbocycles. The monoisotopic (exact) mass is 447 g/mol. The van der Waals surface area contributed by atoms with Gasteiger partial charge in [-0.25, -0.2) is 9.37 Å². The molecule has 2 aromatic heterocycles. The van der Waals surface area contributed by atoms with E-state index in [9.17, 15) is 22.4 Å². The molecule has 0 N–H and O–H groups in total. The van der Waals surface area contributed by atoms with E-state index >= 15 is 0 Å². The van der Waals surface area contributed by atoms with Gasteiger partial charge in [-0.05, 0) is 37.0 Å². The lowest BCUT2D eigenvalue weighted by atomic mass is 10.1. The van der Waals surface area contributed by atoms with Crippen molar-refractivity contribution in [3.63, 3.8) is 0 Å². The van der Waals surface area contributed by atoms with Crippen LogP contribution in [0.25, 0.3) is 5.69 Å². The summed E-state index contributed by atoms with van der Waals surface area (Å²) in [6, 6.07) is 5.97. The quantitative estimate of drug-likeness (QED) is 0.573. The van der Waals surface area contributed by atoms with Gasteiger partial charge in [0, 0.05) is 18.8 Å². The average Bonchev–Trinajstić information content (AvgIpc) is 3.50. The highest BCUT2D eigenvalue weighted by Crippen LogP contribution is 2.41. The Morgan fingerprint density at radius 2 is 1.88 bits per heavy atom. The number of pyridine rings is 1. The second kappa shape index (κ2) is 7.57. The van der Waals surface area contributed by atoms with Crippen LogP contribution in [0.1, 0.15) is 28.8 Å². The van der Waals surface area contributed by atoms with E-state index in [0.29, 0.717) is 25.6 Å². The maximum atomic E-state index is 14.7. The molecular formula is C21H17F4N5O2. The van der Waals surface area contributed by atoms with Crippen molar-refractivity contribution >= 4 is 5.91 Å². The Balaban J connectivity index is 1.37. The fourth-order valence-electron chi connectivity index (χ4n) is 4.47. The van der Waals surface area contributed by atoms with Crippen LogP contribution in [-0.4, -0.2) is 49.5 Å². The number of carbonyl (C=O) groups excluding carboxylic acids is 1. The van der Waals surface area contributed by atoms with E-state index in [1.54, 1.807) is 11.0 Å². The fraction of sp³-hybridized carbons (Fsp3) is 0.333. The molecule has 0 spiro atoms. The molecule has 5 rings (SSSR count). The normalized spacial score (nSPS) is 22.4. The number of halogens is 4. The second-order valence-electron chi connectivity index (χ2n) is 7.85. The molecule has 2 fully saturated rings. The van der Waals surface area contributed by atoms with Gasteiger partial charge in [-0.3, -0.25) is 4.79 Å². The van der Waals surface area contributed by atoms with Gasteiger partial charge < -0.3 is 9.64 Å². The third kappa shape index (κ3) is 3.57. The van der Waals surface area contributed by atoms with Crippen LogP contribution < -0.4 is 4.74 Å². The Morgan fingerprint density at radius 1 is 1.09 bits per heavy atom. The van der Waals surface area contributed by atoms with Crippen LogP contribution >= 0.6 is 0 Å². The summed E-state index contributed by atoms with van der Waals surface area (Å²) in [5.41, 5.74) is -0.777. The van der Waals surface area contributed by atoms with Crippen molar-refractivity contribution in [1.82, 2.24) is 24.9 Å². The summed E-state index contributed by atoms with van der Waals surface area (Å²) in [6.07, 6.45) is -0.0467. The number of aromatic nitrogens is 4. The van der Waals surface area contributed by atoms with Gasteiger partial charge in [0.15, 0.2) is 0 Å². The van der Waals surface area contributed by atoms with Crippen molar-refractivity contribution in [2.75, 3.05) is 6.54 Å². The van der Waals surface area contributed by atoms with Crippen molar-refractivity contribution in [2.45, 2.75) is 31.2 Å². The number of carbonyl (C=O) groups is 1. The lowest BCUT2D eigenvalue weighted by Crippen LogP contribution is -2.47. The molecule has 3 atom stereocenters. The number of hydrogen-bond donors (Lipinski definition) is 0. The van der Waals surface area contributed by atoms with Crippen molar-refractivity contribution in [2.24, 2.45) is 5.92 Å².